The predicted molar refractivity (Wildman–Crippen MR) is 54.2 cm³/mol. The highest BCUT2D eigenvalue weighted by atomic mass is 16.5. The zero-order chi connectivity index (χ0) is 9.42. The van der Waals surface area contributed by atoms with Crippen molar-refractivity contribution in [2.24, 2.45) is 7.05 Å². The second kappa shape index (κ2) is 2.80. The van der Waals surface area contributed by atoms with Gasteiger partial charge in [0, 0.05) is 18.1 Å². The summed E-state index contributed by atoms with van der Waals surface area (Å²) >= 11 is 0. The lowest BCUT2D eigenvalue weighted by Crippen LogP contribution is -1.89. The SMILES string of the molecule is COc1cccc2c1cc(C)n2C. The third kappa shape index (κ3) is 1.10. The van der Waals surface area contributed by atoms with E-state index in [0.717, 1.165) is 5.75 Å². The van der Waals surface area contributed by atoms with E-state index in [2.05, 4.69) is 30.7 Å². The molecule has 0 spiro atoms. The van der Waals surface area contributed by atoms with Crippen molar-refractivity contribution in [2.45, 2.75) is 6.92 Å². The zero-order valence-corrected chi connectivity index (χ0v) is 8.16. The lowest BCUT2D eigenvalue weighted by atomic mass is 10.2. The highest BCUT2D eigenvalue weighted by Crippen LogP contribution is 2.27. The molecule has 0 radical (unpaired) electrons. The summed E-state index contributed by atoms with van der Waals surface area (Å²) in [6, 6.07) is 8.25. The molecule has 0 aliphatic rings. The van der Waals surface area contributed by atoms with E-state index in [1.165, 1.54) is 16.6 Å². The summed E-state index contributed by atoms with van der Waals surface area (Å²) in [6.07, 6.45) is 0. The van der Waals surface area contributed by atoms with E-state index < -0.39 is 0 Å². The molecule has 0 aliphatic heterocycles. The summed E-state index contributed by atoms with van der Waals surface area (Å²) in [4.78, 5) is 0. The van der Waals surface area contributed by atoms with E-state index in [9.17, 15) is 0 Å². The second-order valence-electron chi connectivity index (χ2n) is 3.24. The number of benzene rings is 1. The number of hydrogen-bond donors (Lipinski definition) is 0. The molecule has 0 atom stereocenters. The lowest BCUT2D eigenvalue weighted by Gasteiger charge is -2.01. The van der Waals surface area contributed by atoms with Crippen LogP contribution < -0.4 is 4.74 Å². The molecule has 0 amide bonds. The fourth-order valence-electron chi connectivity index (χ4n) is 1.64. The third-order valence-electron chi connectivity index (χ3n) is 2.51. The van der Waals surface area contributed by atoms with Gasteiger partial charge in [0.05, 0.1) is 12.6 Å². The number of hydrogen-bond acceptors (Lipinski definition) is 1. The van der Waals surface area contributed by atoms with Crippen molar-refractivity contribution in [3.63, 3.8) is 0 Å². The van der Waals surface area contributed by atoms with Gasteiger partial charge in [0.15, 0.2) is 0 Å². The van der Waals surface area contributed by atoms with Crippen molar-refractivity contribution in [3.8, 4) is 5.75 Å². The topological polar surface area (TPSA) is 14.2 Å². The maximum absolute atomic E-state index is 5.28. The van der Waals surface area contributed by atoms with E-state index in [0.29, 0.717) is 0 Å². The van der Waals surface area contributed by atoms with E-state index in [-0.39, 0.29) is 0 Å². The highest BCUT2D eigenvalue weighted by Gasteiger charge is 2.05. The highest BCUT2D eigenvalue weighted by molar-refractivity contribution is 5.87. The van der Waals surface area contributed by atoms with Gasteiger partial charge in [0.1, 0.15) is 5.75 Å². The summed E-state index contributed by atoms with van der Waals surface area (Å²) in [5.41, 5.74) is 2.47. The maximum atomic E-state index is 5.28. The van der Waals surface area contributed by atoms with Crippen molar-refractivity contribution < 1.29 is 4.74 Å². The molecule has 0 fully saturated rings. The number of rotatable bonds is 1. The number of fused-ring (bicyclic) bond motifs is 1. The minimum Gasteiger partial charge on any atom is -0.496 e. The first-order valence-electron chi connectivity index (χ1n) is 4.33. The van der Waals surface area contributed by atoms with Gasteiger partial charge >= 0.3 is 0 Å². The molecule has 2 rings (SSSR count). The Labute approximate surface area is 77.7 Å². The van der Waals surface area contributed by atoms with Gasteiger partial charge in [-0.15, -0.1) is 0 Å². The third-order valence-corrected chi connectivity index (χ3v) is 2.51. The number of nitrogens with zero attached hydrogens (tertiary/aromatic N) is 1. The Morgan fingerprint density at radius 3 is 2.77 bits per heavy atom. The Morgan fingerprint density at radius 2 is 2.08 bits per heavy atom. The van der Waals surface area contributed by atoms with Crippen molar-refractivity contribution in [2.75, 3.05) is 7.11 Å². The smallest absolute Gasteiger partial charge is 0.128 e. The molecule has 2 nitrogen and oxygen atoms in total. The normalized spacial score (nSPS) is 10.7. The van der Waals surface area contributed by atoms with Crippen molar-refractivity contribution >= 4 is 10.9 Å². The standard InChI is InChI=1S/C11H13NO/c1-8-7-9-10(12(8)2)5-4-6-11(9)13-3/h4-7H,1-3H3. The Morgan fingerprint density at radius 1 is 1.31 bits per heavy atom. The number of ether oxygens (including phenoxy) is 1. The Hall–Kier alpha value is -1.44. The molecule has 0 N–H and O–H groups in total. The summed E-state index contributed by atoms with van der Waals surface area (Å²) in [5.74, 6) is 0.946. The summed E-state index contributed by atoms with van der Waals surface area (Å²) in [6.45, 7) is 2.10. The van der Waals surface area contributed by atoms with E-state index >= 15 is 0 Å². The molecule has 0 saturated heterocycles. The van der Waals surface area contributed by atoms with E-state index in [4.69, 9.17) is 4.74 Å². The van der Waals surface area contributed by atoms with Gasteiger partial charge in [-0.2, -0.15) is 0 Å². The van der Waals surface area contributed by atoms with Gasteiger partial charge in [0.25, 0.3) is 0 Å². The first-order valence-corrected chi connectivity index (χ1v) is 4.33. The molecular weight excluding hydrogens is 162 g/mol. The molecule has 1 heterocycles. The van der Waals surface area contributed by atoms with Crippen LogP contribution in [0.5, 0.6) is 5.75 Å². The molecule has 2 heteroatoms. The first kappa shape index (κ1) is 8.17. The molecule has 0 saturated carbocycles. The van der Waals surface area contributed by atoms with Crippen LogP contribution >= 0.6 is 0 Å². The zero-order valence-electron chi connectivity index (χ0n) is 8.16. The second-order valence-corrected chi connectivity index (χ2v) is 3.24. The van der Waals surface area contributed by atoms with Crippen LogP contribution in [-0.2, 0) is 7.05 Å². The Kier molecular flexibility index (Phi) is 1.76. The quantitative estimate of drug-likeness (QED) is 0.649. The molecule has 0 unspecified atom stereocenters. The molecule has 0 bridgehead atoms. The van der Waals surface area contributed by atoms with Crippen LogP contribution in [-0.4, -0.2) is 11.7 Å². The van der Waals surface area contributed by atoms with Gasteiger partial charge in [0.2, 0.25) is 0 Å². The van der Waals surface area contributed by atoms with Crippen LogP contribution in [0.3, 0.4) is 0 Å². The van der Waals surface area contributed by atoms with Crippen molar-refractivity contribution in [1.82, 2.24) is 4.57 Å². The van der Waals surface area contributed by atoms with Gasteiger partial charge in [-0.25, -0.2) is 0 Å². The monoisotopic (exact) mass is 175 g/mol. The van der Waals surface area contributed by atoms with Crippen LogP contribution in [0.1, 0.15) is 5.69 Å². The van der Waals surface area contributed by atoms with Crippen LogP contribution in [0.4, 0.5) is 0 Å². The van der Waals surface area contributed by atoms with Gasteiger partial charge in [-0.3, -0.25) is 0 Å². The van der Waals surface area contributed by atoms with Crippen LogP contribution in [0, 0.1) is 6.92 Å². The van der Waals surface area contributed by atoms with Gasteiger partial charge in [-0.05, 0) is 25.1 Å². The number of aromatic nitrogens is 1. The Balaban J connectivity index is 2.84. The largest absolute Gasteiger partial charge is 0.496 e. The van der Waals surface area contributed by atoms with Crippen molar-refractivity contribution in [3.05, 3.63) is 30.0 Å². The molecule has 13 heavy (non-hydrogen) atoms. The van der Waals surface area contributed by atoms with Crippen molar-refractivity contribution in [1.29, 1.82) is 0 Å². The van der Waals surface area contributed by atoms with E-state index in [1.807, 2.05) is 12.1 Å². The molecule has 68 valence electrons. The summed E-state index contributed by atoms with van der Waals surface area (Å²) < 4.78 is 7.45. The molecule has 2 aromatic rings. The van der Waals surface area contributed by atoms with Crippen LogP contribution in [0.2, 0.25) is 0 Å². The number of methoxy groups -OCH3 is 1. The minimum atomic E-state index is 0.946. The average Bonchev–Trinajstić information content (AvgIpc) is 2.43. The summed E-state index contributed by atoms with van der Waals surface area (Å²) in [7, 11) is 3.77. The van der Waals surface area contributed by atoms with E-state index in [1.54, 1.807) is 7.11 Å². The molecular formula is C11H13NO. The van der Waals surface area contributed by atoms with Crippen LogP contribution in [0.25, 0.3) is 10.9 Å². The predicted octanol–water partition coefficient (Wildman–Crippen LogP) is 2.50. The fourth-order valence-corrected chi connectivity index (χ4v) is 1.64. The number of aryl methyl sites for hydroxylation is 2. The van der Waals surface area contributed by atoms with Gasteiger partial charge < -0.3 is 9.30 Å². The molecule has 0 aliphatic carbocycles. The molecule has 1 aromatic carbocycles. The first-order chi connectivity index (χ1) is 6.24. The minimum absolute atomic E-state index is 0.946. The average molecular weight is 175 g/mol. The molecule has 1 aromatic heterocycles. The Bertz CT molecular complexity index is 443. The summed E-state index contributed by atoms with van der Waals surface area (Å²) in [5, 5.41) is 1.19. The lowest BCUT2D eigenvalue weighted by molar-refractivity contribution is 0.420. The van der Waals surface area contributed by atoms with Crippen LogP contribution in [0.15, 0.2) is 24.3 Å². The fraction of sp³-hybridized carbons (Fsp3) is 0.273. The van der Waals surface area contributed by atoms with Gasteiger partial charge in [-0.1, -0.05) is 6.07 Å². The maximum Gasteiger partial charge on any atom is 0.128 e.